The van der Waals surface area contributed by atoms with Crippen LogP contribution < -0.4 is 4.90 Å². The molecule has 0 aromatic carbocycles. The Kier molecular flexibility index (Phi) is 3.60. The molecule has 0 N–H and O–H groups in total. The van der Waals surface area contributed by atoms with Crippen LogP contribution in [-0.4, -0.2) is 60.5 Å². The number of nitrogens with zero attached hydrogens (tertiary/aromatic N) is 8. The number of hydrogen-bond acceptors (Lipinski definition) is 8. The zero-order valence-corrected chi connectivity index (χ0v) is 13.2. The molecule has 0 unspecified atom stereocenters. The van der Waals surface area contributed by atoms with E-state index in [1.54, 1.807) is 10.8 Å². The molecule has 8 nitrogen and oxygen atoms in total. The van der Waals surface area contributed by atoms with Gasteiger partial charge in [0.15, 0.2) is 5.65 Å². The second kappa shape index (κ2) is 5.75. The van der Waals surface area contributed by atoms with Crippen LogP contribution >= 0.6 is 23.1 Å². The Bertz CT molecular complexity index is 778. The lowest BCUT2D eigenvalue weighted by molar-refractivity contribution is 0.246. The van der Waals surface area contributed by atoms with Crippen molar-refractivity contribution in [2.45, 2.75) is 6.54 Å². The summed E-state index contributed by atoms with van der Waals surface area (Å²) in [5.74, 6) is 0.945. The maximum atomic E-state index is 6.06. The van der Waals surface area contributed by atoms with E-state index >= 15 is 0 Å². The molecule has 10 heteroatoms. The zero-order chi connectivity index (χ0) is 14.9. The van der Waals surface area contributed by atoms with Crippen LogP contribution in [0.15, 0.2) is 18.5 Å². The minimum atomic E-state index is 0.683. The molecule has 114 valence electrons. The summed E-state index contributed by atoms with van der Waals surface area (Å²) in [5, 5.41) is 16.4. The molecule has 0 atom stereocenters. The second-order valence-electron chi connectivity index (χ2n) is 5.08. The van der Waals surface area contributed by atoms with Gasteiger partial charge in [-0.1, -0.05) is 16.1 Å². The molecule has 0 aliphatic carbocycles. The van der Waals surface area contributed by atoms with Gasteiger partial charge in [0.1, 0.15) is 22.2 Å². The van der Waals surface area contributed by atoms with Gasteiger partial charge in [0.05, 0.1) is 0 Å². The molecule has 1 fully saturated rings. The van der Waals surface area contributed by atoms with E-state index in [-0.39, 0.29) is 0 Å². The SMILES string of the molecule is Clc1snnc1CN1CCN(c2ccc3nncn3n2)CC1. The second-order valence-corrected chi connectivity index (χ2v) is 6.44. The first-order valence-corrected chi connectivity index (χ1v) is 8.06. The van der Waals surface area contributed by atoms with Crippen molar-refractivity contribution in [3.05, 3.63) is 28.5 Å². The molecule has 3 aromatic heterocycles. The van der Waals surface area contributed by atoms with Crippen molar-refractivity contribution in [1.29, 1.82) is 0 Å². The summed E-state index contributed by atoms with van der Waals surface area (Å²) in [6, 6.07) is 3.92. The fourth-order valence-electron chi connectivity index (χ4n) is 2.53. The van der Waals surface area contributed by atoms with Crippen LogP contribution in [0.4, 0.5) is 5.82 Å². The van der Waals surface area contributed by atoms with E-state index in [9.17, 15) is 0 Å². The highest BCUT2D eigenvalue weighted by Gasteiger charge is 2.20. The first-order chi connectivity index (χ1) is 10.8. The molecule has 4 heterocycles. The lowest BCUT2D eigenvalue weighted by atomic mass is 10.3. The van der Waals surface area contributed by atoms with Gasteiger partial charge in [-0.25, -0.2) is 0 Å². The van der Waals surface area contributed by atoms with E-state index in [1.165, 1.54) is 11.5 Å². The predicted octanol–water partition coefficient (Wildman–Crippen LogP) is 0.951. The Morgan fingerprint density at radius 2 is 2.00 bits per heavy atom. The third-order valence-electron chi connectivity index (χ3n) is 3.73. The van der Waals surface area contributed by atoms with Gasteiger partial charge in [-0.2, -0.15) is 4.52 Å². The minimum Gasteiger partial charge on any atom is -0.353 e. The summed E-state index contributed by atoms with van der Waals surface area (Å²) >= 11 is 7.30. The van der Waals surface area contributed by atoms with Gasteiger partial charge in [0, 0.05) is 44.3 Å². The van der Waals surface area contributed by atoms with Crippen LogP contribution in [0, 0.1) is 0 Å². The van der Waals surface area contributed by atoms with Gasteiger partial charge in [0.2, 0.25) is 0 Å². The molecule has 4 rings (SSSR count). The Hall–Kier alpha value is -1.84. The van der Waals surface area contributed by atoms with Crippen molar-refractivity contribution < 1.29 is 0 Å². The molecule has 0 saturated carbocycles. The van der Waals surface area contributed by atoms with Crippen LogP contribution in [0.25, 0.3) is 5.65 Å². The highest BCUT2D eigenvalue weighted by molar-refractivity contribution is 7.10. The number of fused-ring (bicyclic) bond motifs is 1. The molecule has 0 spiro atoms. The molecule has 1 saturated heterocycles. The highest BCUT2D eigenvalue weighted by Crippen LogP contribution is 2.20. The van der Waals surface area contributed by atoms with Crippen molar-refractivity contribution in [2.75, 3.05) is 31.1 Å². The number of piperazine rings is 1. The standard InChI is InChI=1S/C12H13ClN8S/c13-12-9(15-18-22-12)7-19-3-5-20(6-4-19)11-2-1-10-16-14-8-21(10)17-11/h1-2,8H,3-7H2. The van der Waals surface area contributed by atoms with E-state index in [2.05, 4.69) is 34.7 Å². The Morgan fingerprint density at radius 1 is 1.14 bits per heavy atom. The number of halogens is 1. The smallest absolute Gasteiger partial charge is 0.177 e. The topological polar surface area (TPSA) is 75.3 Å². The fourth-order valence-corrected chi connectivity index (χ4v) is 3.14. The molecular weight excluding hydrogens is 324 g/mol. The number of anilines is 1. The fraction of sp³-hybridized carbons (Fsp3) is 0.417. The summed E-state index contributed by atoms with van der Waals surface area (Å²) in [6.07, 6.45) is 1.62. The average Bonchev–Trinajstić information content (AvgIpc) is 3.17. The summed E-state index contributed by atoms with van der Waals surface area (Å²) in [7, 11) is 0. The molecular formula is C12H13ClN8S. The van der Waals surface area contributed by atoms with Crippen molar-refractivity contribution in [3.63, 3.8) is 0 Å². The lowest BCUT2D eigenvalue weighted by Crippen LogP contribution is -2.46. The Labute approximate surface area is 135 Å². The lowest BCUT2D eigenvalue weighted by Gasteiger charge is -2.34. The van der Waals surface area contributed by atoms with Crippen molar-refractivity contribution in [3.8, 4) is 0 Å². The summed E-state index contributed by atoms with van der Waals surface area (Å²) in [5.41, 5.74) is 1.62. The molecule has 1 aliphatic heterocycles. The first-order valence-electron chi connectivity index (χ1n) is 6.91. The van der Waals surface area contributed by atoms with Crippen LogP contribution in [0.5, 0.6) is 0 Å². The van der Waals surface area contributed by atoms with Gasteiger partial charge in [-0.15, -0.1) is 20.4 Å². The number of aromatic nitrogens is 6. The van der Waals surface area contributed by atoms with Gasteiger partial charge >= 0.3 is 0 Å². The Morgan fingerprint density at radius 3 is 2.77 bits per heavy atom. The quantitative estimate of drug-likeness (QED) is 0.705. The van der Waals surface area contributed by atoms with Crippen LogP contribution in [-0.2, 0) is 6.54 Å². The minimum absolute atomic E-state index is 0.683. The van der Waals surface area contributed by atoms with Crippen molar-refractivity contribution in [1.82, 2.24) is 34.3 Å². The Balaban J connectivity index is 1.41. The summed E-state index contributed by atoms with van der Waals surface area (Å²) < 4.78 is 6.25. The predicted molar refractivity (Wildman–Crippen MR) is 83.2 cm³/mol. The molecule has 3 aromatic rings. The summed E-state index contributed by atoms with van der Waals surface area (Å²) in [6.45, 7) is 4.46. The van der Waals surface area contributed by atoms with Gasteiger partial charge in [-0.3, -0.25) is 4.90 Å². The monoisotopic (exact) mass is 336 g/mol. The van der Waals surface area contributed by atoms with Gasteiger partial charge in [-0.05, 0) is 12.1 Å². The maximum absolute atomic E-state index is 6.06. The van der Waals surface area contributed by atoms with Crippen LogP contribution in [0.1, 0.15) is 5.69 Å². The number of rotatable bonds is 3. The van der Waals surface area contributed by atoms with Crippen LogP contribution in [0.3, 0.4) is 0 Å². The zero-order valence-electron chi connectivity index (χ0n) is 11.6. The molecule has 1 aliphatic rings. The normalized spacial score (nSPS) is 16.5. The van der Waals surface area contributed by atoms with E-state index in [4.69, 9.17) is 11.6 Å². The van der Waals surface area contributed by atoms with Crippen molar-refractivity contribution in [2.24, 2.45) is 0 Å². The maximum Gasteiger partial charge on any atom is 0.177 e. The van der Waals surface area contributed by atoms with Gasteiger partial charge in [0.25, 0.3) is 0 Å². The van der Waals surface area contributed by atoms with Crippen molar-refractivity contribution >= 4 is 34.6 Å². The summed E-state index contributed by atoms with van der Waals surface area (Å²) in [4.78, 5) is 4.59. The van der Waals surface area contributed by atoms with Gasteiger partial charge < -0.3 is 4.90 Å². The van der Waals surface area contributed by atoms with E-state index < -0.39 is 0 Å². The van der Waals surface area contributed by atoms with E-state index in [0.717, 1.165) is 49.9 Å². The molecule has 0 amide bonds. The van der Waals surface area contributed by atoms with Crippen LogP contribution in [0.2, 0.25) is 4.34 Å². The highest BCUT2D eigenvalue weighted by atomic mass is 35.5. The molecule has 0 bridgehead atoms. The third-order valence-corrected chi connectivity index (χ3v) is 4.71. The first kappa shape index (κ1) is 13.8. The molecule has 0 radical (unpaired) electrons. The largest absolute Gasteiger partial charge is 0.353 e. The van der Waals surface area contributed by atoms with E-state index in [0.29, 0.717) is 4.34 Å². The number of hydrogen-bond donors (Lipinski definition) is 0. The molecule has 22 heavy (non-hydrogen) atoms. The van der Waals surface area contributed by atoms with E-state index in [1.807, 2.05) is 12.1 Å². The average molecular weight is 337 g/mol. The third kappa shape index (κ3) is 2.62.